The van der Waals surface area contributed by atoms with E-state index in [1.165, 1.54) is 5.56 Å². The fourth-order valence-corrected chi connectivity index (χ4v) is 2.71. The molecule has 0 aliphatic heterocycles. The summed E-state index contributed by atoms with van der Waals surface area (Å²) in [4.78, 5) is 0. The van der Waals surface area contributed by atoms with E-state index in [4.69, 9.17) is 0 Å². The van der Waals surface area contributed by atoms with E-state index < -0.39 is 0 Å². The lowest BCUT2D eigenvalue weighted by Crippen LogP contribution is -1.95. The Balaban J connectivity index is 2.42. The summed E-state index contributed by atoms with van der Waals surface area (Å²) in [7, 11) is 0. The lowest BCUT2D eigenvalue weighted by molar-refractivity contribution is 0.462. The van der Waals surface area contributed by atoms with Crippen LogP contribution in [0.2, 0.25) is 0 Å². The molecule has 0 aliphatic carbocycles. The molecule has 2 nitrogen and oxygen atoms in total. The van der Waals surface area contributed by atoms with Gasteiger partial charge >= 0.3 is 0 Å². The molecule has 0 radical (unpaired) electrons. The summed E-state index contributed by atoms with van der Waals surface area (Å²) >= 11 is 0. The number of aromatic hydroxyl groups is 2. The highest BCUT2D eigenvalue weighted by atomic mass is 16.3. The van der Waals surface area contributed by atoms with Crippen LogP contribution in [0.3, 0.4) is 0 Å². The normalized spacial score (nSPS) is 10.8. The largest absolute Gasteiger partial charge is 0.507 e. The molecule has 0 fully saturated rings. The highest BCUT2D eigenvalue weighted by molar-refractivity contribution is 5.48. The standard InChI is InChI=1S/C18H22O2/c1-5-15-6-11(2)7-16(18(15)20)10-14-8-12(3)17(19)13(4)9-14/h6-9,19-20H,5,10H2,1-4H3. The Morgan fingerprint density at radius 1 is 0.800 bits per heavy atom. The maximum atomic E-state index is 10.3. The molecular formula is C18H22O2. The molecule has 0 saturated carbocycles. The minimum absolute atomic E-state index is 0.358. The van der Waals surface area contributed by atoms with Crippen LogP contribution in [0.1, 0.15) is 40.3 Å². The molecule has 20 heavy (non-hydrogen) atoms. The maximum absolute atomic E-state index is 10.3. The molecule has 2 rings (SSSR count). The highest BCUT2D eigenvalue weighted by Gasteiger charge is 2.10. The summed E-state index contributed by atoms with van der Waals surface area (Å²) in [5.41, 5.74) is 5.98. The second-order valence-corrected chi connectivity index (χ2v) is 5.54. The molecule has 0 heterocycles. The molecule has 2 aromatic carbocycles. The molecule has 0 saturated heterocycles. The maximum Gasteiger partial charge on any atom is 0.122 e. The molecule has 2 aromatic rings. The third-order valence-electron chi connectivity index (χ3n) is 3.74. The van der Waals surface area contributed by atoms with E-state index >= 15 is 0 Å². The van der Waals surface area contributed by atoms with Crippen molar-refractivity contribution in [3.63, 3.8) is 0 Å². The first-order valence-electron chi connectivity index (χ1n) is 7.02. The number of rotatable bonds is 3. The SMILES string of the molecule is CCc1cc(C)cc(Cc2cc(C)c(O)c(C)c2)c1O. The predicted molar refractivity (Wildman–Crippen MR) is 82.6 cm³/mol. The molecule has 2 N–H and O–H groups in total. The Morgan fingerprint density at radius 2 is 1.35 bits per heavy atom. The van der Waals surface area contributed by atoms with Crippen LogP contribution in [0.25, 0.3) is 0 Å². The Hall–Kier alpha value is -1.96. The first kappa shape index (κ1) is 14.4. The number of aryl methyl sites for hydroxylation is 4. The number of phenols is 2. The van der Waals surface area contributed by atoms with Crippen molar-refractivity contribution in [1.82, 2.24) is 0 Å². The van der Waals surface area contributed by atoms with Gasteiger partial charge in [-0.1, -0.05) is 36.8 Å². The van der Waals surface area contributed by atoms with Gasteiger partial charge in [0.1, 0.15) is 11.5 Å². The van der Waals surface area contributed by atoms with Crippen molar-refractivity contribution in [1.29, 1.82) is 0 Å². The molecule has 0 bridgehead atoms. The quantitative estimate of drug-likeness (QED) is 0.878. The first-order chi connectivity index (χ1) is 9.42. The molecule has 0 atom stereocenters. The van der Waals surface area contributed by atoms with Gasteiger partial charge in [0.2, 0.25) is 0 Å². The summed E-state index contributed by atoms with van der Waals surface area (Å²) in [6.07, 6.45) is 1.51. The van der Waals surface area contributed by atoms with Gasteiger partial charge in [-0.3, -0.25) is 0 Å². The smallest absolute Gasteiger partial charge is 0.122 e. The summed E-state index contributed by atoms with van der Waals surface area (Å²) in [6, 6.07) is 8.03. The highest BCUT2D eigenvalue weighted by Crippen LogP contribution is 2.29. The minimum atomic E-state index is 0.358. The molecule has 0 aliphatic rings. The third kappa shape index (κ3) is 2.79. The number of hydrogen-bond donors (Lipinski definition) is 2. The van der Waals surface area contributed by atoms with Crippen molar-refractivity contribution in [2.75, 3.05) is 0 Å². The summed E-state index contributed by atoms with van der Waals surface area (Å²) in [6.45, 7) is 7.90. The fraction of sp³-hybridized carbons (Fsp3) is 0.333. The second-order valence-electron chi connectivity index (χ2n) is 5.54. The van der Waals surface area contributed by atoms with Gasteiger partial charge in [0.25, 0.3) is 0 Å². The fourth-order valence-electron chi connectivity index (χ4n) is 2.71. The van der Waals surface area contributed by atoms with Crippen LogP contribution >= 0.6 is 0 Å². The van der Waals surface area contributed by atoms with E-state index in [0.717, 1.165) is 34.2 Å². The van der Waals surface area contributed by atoms with E-state index in [1.54, 1.807) is 0 Å². The molecule has 0 amide bonds. The van der Waals surface area contributed by atoms with Crippen LogP contribution < -0.4 is 0 Å². The first-order valence-corrected chi connectivity index (χ1v) is 7.02. The minimum Gasteiger partial charge on any atom is -0.507 e. The molecule has 0 unspecified atom stereocenters. The Labute approximate surface area is 120 Å². The van der Waals surface area contributed by atoms with E-state index in [0.29, 0.717) is 17.9 Å². The Bertz CT molecular complexity index is 619. The van der Waals surface area contributed by atoms with Crippen molar-refractivity contribution in [3.8, 4) is 11.5 Å². The van der Waals surface area contributed by atoms with Crippen LogP contribution in [0, 0.1) is 20.8 Å². The number of benzene rings is 2. The van der Waals surface area contributed by atoms with Crippen LogP contribution in [0.4, 0.5) is 0 Å². The zero-order valence-corrected chi connectivity index (χ0v) is 12.6. The van der Waals surface area contributed by atoms with Crippen LogP contribution in [0.5, 0.6) is 11.5 Å². The lowest BCUT2D eigenvalue weighted by Gasteiger charge is -2.12. The zero-order valence-electron chi connectivity index (χ0n) is 12.6. The van der Waals surface area contributed by atoms with Crippen molar-refractivity contribution >= 4 is 0 Å². The average Bonchev–Trinajstić information content (AvgIpc) is 2.39. The van der Waals surface area contributed by atoms with Gasteiger partial charge in [-0.2, -0.15) is 0 Å². The second kappa shape index (κ2) is 5.58. The Morgan fingerprint density at radius 3 is 1.90 bits per heavy atom. The summed E-state index contributed by atoms with van der Waals surface area (Å²) < 4.78 is 0. The van der Waals surface area contributed by atoms with Gasteiger partial charge in [-0.25, -0.2) is 0 Å². The molecule has 106 valence electrons. The monoisotopic (exact) mass is 270 g/mol. The van der Waals surface area contributed by atoms with E-state index in [9.17, 15) is 10.2 Å². The third-order valence-corrected chi connectivity index (χ3v) is 3.74. The average molecular weight is 270 g/mol. The summed E-state index contributed by atoms with van der Waals surface area (Å²) in [5, 5.41) is 20.1. The molecular weight excluding hydrogens is 248 g/mol. The van der Waals surface area contributed by atoms with Gasteiger partial charge in [0, 0.05) is 6.42 Å². The van der Waals surface area contributed by atoms with Crippen LogP contribution in [0.15, 0.2) is 24.3 Å². The van der Waals surface area contributed by atoms with Gasteiger partial charge in [0.15, 0.2) is 0 Å². The number of hydrogen-bond acceptors (Lipinski definition) is 2. The van der Waals surface area contributed by atoms with Gasteiger partial charge in [-0.05, 0) is 55.0 Å². The number of phenolic OH excluding ortho intramolecular Hbond substituents is 2. The molecule has 2 heteroatoms. The topological polar surface area (TPSA) is 40.5 Å². The van der Waals surface area contributed by atoms with Crippen molar-refractivity contribution < 1.29 is 10.2 Å². The van der Waals surface area contributed by atoms with Crippen LogP contribution in [-0.4, -0.2) is 10.2 Å². The Kier molecular flexibility index (Phi) is 4.03. The van der Waals surface area contributed by atoms with Gasteiger partial charge < -0.3 is 10.2 Å². The molecule has 0 aromatic heterocycles. The van der Waals surface area contributed by atoms with E-state index in [1.807, 2.05) is 45.0 Å². The van der Waals surface area contributed by atoms with Crippen molar-refractivity contribution in [2.45, 2.75) is 40.5 Å². The van der Waals surface area contributed by atoms with E-state index in [2.05, 4.69) is 6.92 Å². The van der Waals surface area contributed by atoms with E-state index in [-0.39, 0.29) is 0 Å². The van der Waals surface area contributed by atoms with Crippen molar-refractivity contribution in [2.24, 2.45) is 0 Å². The molecule has 0 spiro atoms. The van der Waals surface area contributed by atoms with Gasteiger partial charge in [0.05, 0.1) is 0 Å². The van der Waals surface area contributed by atoms with Crippen molar-refractivity contribution in [3.05, 3.63) is 57.6 Å². The predicted octanol–water partition coefficient (Wildman–Crippen LogP) is 4.18. The summed E-state index contributed by atoms with van der Waals surface area (Å²) in [5.74, 6) is 0.762. The lowest BCUT2D eigenvalue weighted by atomic mass is 9.95. The van der Waals surface area contributed by atoms with Gasteiger partial charge in [-0.15, -0.1) is 0 Å². The zero-order chi connectivity index (χ0) is 14.9. The van der Waals surface area contributed by atoms with Crippen LogP contribution in [-0.2, 0) is 12.8 Å².